The Labute approximate surface area is 234 Å². The lowest BCUT2D eigenvalue weighted by atomic mass is 10.00. The van der Waals surface area contributed by atoms with Crippen molar-refractivity contribution in [2.24, 2.45) is 0 Å². The molecule has 7 heteroatoms. The van der Waals surface area contributed by atoms with Crippen LogP contribution in [0.4, 0.5) is 10.5 Å². The molecule has 2 aromatic heterocycles. The first kappa shape index (κ1) is 25.5. The Hall–Kier alpha value is -4.78. The van der Waals surface area contributed by atoms with Gasteiger partial charge in [-0.3, -0.25) is 0 Å². The molecule has 0 aliphatic carbocycles. The number of amides is 2. The number of aryl methyl sites for hydroxylation is 2. The van der Waals surface area contributed by atoms with E-state index in [1.54, 1.807) is 0 Å². The summed E-state index contributed by atoms with van der Waals surface area (Å²) in [6, 6.07) is 29.8. The van der Waals surface area contributed by atoms with Gasteiger partial charge in [-0.05, 0) is 62.2 Å². The van der Waals surface area contributed by atoms with Gasteiger partial charge in [0.15, 0.2) is 0 Å². The van der Waals surface area contributed by atoms with Crippen molar-refractivity contribution in [3.05, 3.63) is 125 Å². The first-order valence-corrected chi connectivity index (χ1v) is 13.8. The second-order valence-corrected chi connectivity index (χ2v) is 9.96. The Bertz CT molecular complexity index is 1650. The molecule has 202 valence electrons. The van der Waals surface area contributed by atoms with Crippen LogP contribution in [-0.2, 0) is 13.0 Å². The van der Waals surface area contributed by atoms with Gasteiger partial charge in [-0.1, -0.05) is 67.1 Å². The van der Waals surface area contributed by atoms with Crippen LogP contribution in [0.15, 0.2) is 97.2 Å². The van der Waals surface area contributed by atoms with Gasteiger partial charge in [0.2, 0.25) is 0 Å². The third kappa shape index (κ3) is 4.53. The van der Waals surface area contributed by atoms with Crippen molar-refractivity contribution in [1.29, 1.82) is 0 Å². The predicted octanol–water partition coefficient (Wildman–Crippen LogP) is 7.07. The Morgan fingerprint density at radius 3 is 2.55 bits per heavy atom. The number of fused-ring (bicyclic) bond motifs is 3. The summed E-state index contributed by atoms with van der Waals surface area (Å²) in [5.41, 5.74) is 6.82. The van der Waals surface area contributed by atoms with Crippen LogP contribution in [0, 0.1) is 6.92 Å². The van der Waals surface area contributed by atoms with Crippen LogP contribution >= 0.6 is 0 Å². The van der Waals surface area contributed by atoms with E-state index in [1.807, 2.05) is 65.0 Å². The molecule has 1 atom stereocenters. The summed E-state index contributed by atoms with van der Waals surface area (Å²) >= 11 is 0. The van der Waals surface area contributed by atoms with Crippen LogP contribution in [-0.4, -0.2) is 31.9 Å². The number of carbonyl (C=O) groups is 1. The van der Waals surface area contributed by atoms with Crippen molar-refractivity contribution in [2.75, 3.05) is 11.9 Å². The third-order valence-electron chi connectivity index (χ3n) is 7.35. The minimum Gasteiger partial charge on any atom is -0.492 e. The smallest absolute Gasteiger partial charge is 0.323 e. The van der Waals surface area contributed by atoms with Gasteiger partial charge in [0.05, 0.1) is 42.0 Å². The van der Waals surface area contributed by atoms with Crippen molar-refractivity contribution in [1.82, 2.24) is 19.2 Å². The molecule has 2 amide bonds. The molecule has 0 radical (unpaired) electrons. The molecule has 0 unspecified atom stereocenters. The lowest BCUT2D eigenvalue weighted by Crippen LogP contribution is -2.38. The molecular weight excluding hydrogens is 498 g/mol. The number of nitrogens with one attached hydrogen (secondary N) is 1. The zero-order valence-electron chi connectivity index (χ0n) is 23.0. The standard InChI is InChI=1S/C33H33N5O2/c1-4-27-26-22-37(33(39)34-28-17-9-10-19-30(28)40-5-2)31(24-14-11-13-23(3)21-24)29-18-12-20-36(29)32(26)38(35-27)25-15-7-6-8-16-25/h6-21,31H,4-5,22H2,1-3H3,(H,34,39)/t31-/m1/s1. The van der Waals surface area contributed by atoms with E-state index >= 15 is 0 Å². The van der Waals surface area contributed by atoms with E-state index in [0.29, 0.717) is 24.6 Å². The molecule has 3 aromatic carbocycles. The minimum atomic E-state index is -0.324. The van der Waals surface area contributed by atoms with Crippen molar-refractivity contribution in [2.45, 2.75) is 39.8 Å². The van der Waals surface area contributed by atoms with Crippen LogP contribution in [0.1, 0.15) is 48.0 Å². The molecular formula is C33H33N5O2. The fraction of sp³-hybridized carbons (Fsp3) is 0.212. The SMILES string of the molecule is CCOc1ccccc1NC(=O)N1Cc2c(CC)nn(-c3ccccc3)c2-n2cccc2[C@H]1c1cccc(C)c1. The second-order valence-electron chi connectivity index (χ2n) is 9.96. The maximum atomic E-state index is 14.3. The summed E-state index contributed by atoms with van der Waals surface area (Å²) < 4.78 is 10.0. The van der Waals surface area contributed by atoms with E-state index < -0.39 is 0 Å². The summed E-state index contributed by atoms with van der Waals surface area (Å²) in [6.45, 7) is 7.04. The highest BCUT2D eigenvalue weighted by Gasteiger charge is 2.36. The van der Waals surface area contributed by atoms with Crippen LogP contribution in [0.25, 0.3) is 11.5 Å². The number of nitrogens with zero attached hydrogens (tertiary/aromatic N) is 4. The summed E-state index contributed by atoms with van der Waals surface area (Å²) in [6.07, 6.45) is 2.82. The Kier molecular flexibility index (Phi) is 6.86. The van der Waals surface area contributed by atoms with Crippen molar-refractivity contribution >= 4 is 11.7 Å². The minimum absolute atomic E-state index is 0.200. The number of carbonyl (C=O) groups excluding carboxylic acids is 1. The van der Waals surface area contributed by atoms with Gasteiger partial charge in [0.1, 0.15) is 11.6 Å². The largest absolute Gasteiger partial charge is 0.492 e. The summed E-state index contributed by atoms with van der Waals surface area (Å²) in [5, 5.41) is 8.21. The zero-order chi connectivity index (χ0) is 27.6. The summed E-state index contributed by atoms with van der Waals surface area (Å²) in [5.74, 6) is 1.61. The van der Waals surface area contributed by atoms with Crippen molar-refractivity contribution in [3.8, 4) is 17.3 Å². The summed E-state index contributed by atoms with van der Waals surface area (Å²) in [4.78, 5) is 16.2. The first-order chi connectivity index (χ1) is 19.6. The molecule has 1 aliphatic rings. The van der Waals surface area contributed by atoms with Gasteiger partial charge in [-0.15, -0.1) is 0 Å². The van der Waals surface area contributed by atoms with Crippen molar-refractivity contribution in [3.63, 3.8) is 0 Å². The topological polar surface area (TPSA) is 64.3 Å². The number of anilines is 1. The average molecular weight is 532 g/mol. The highest BCUT2D eigenvalue weighted by molar-refractivity contribution is 5.91. The summed E-state index contributed by atoms with van der Waals surface area (Å²) in [7, 11) is 0. The first-order valence-electron chi connectivity index (χ1n) is 13.8. The molecule has 0 fully saturated rings. The molecule has 40 heavy (non-hydrogen) atoms. The Morgan fingerprint density at radius 1 is 0.975 bits per heavy atom. The third-order valence-corrected chi connectivity index (χ3v) is 7.35. The van der Waals surface area contributed by atoms with E-state index in [0.717, 1.165) is 46.0 Å². The monoisotopic (exact) mass is 531 g/mol. The number of urea groups is 1. The van der Waals surface area contributed by atoms with Crippen LogP contribution < -0.4 is 10.1 Å². The van der Waals surface area contributed by atoms with Gasteiger partial charge in [0, 0.05) is 11.8 Å². The zero-order valence-corrected chi connectivity index (χ0v) is 23.0. The molecule has 5 aromatic rings. The van der Waals surface area contributed by atoms with Gasteiger partial charge in [0.25, 0.3) is 0 Å². The molecule has 6 rings (SSSR count). The fourth-order valence-electron chi connectivity index (χ4n) is 5.58. The van der Waals surface area contributed by atoms with E-state index in [4.69, 9.17) is 9.84 Å². The number of ether oxygens (including phenoxy) is 1. The molecule has 1 aliphatic heterocycles. The Balaban J connectivity index is 1.54. The molecule has 0 spiro atoms. The molecule has 0 saturated heterocycles. The van der Waals surface area contributed by atoms with E-state index in [9.17, 15) is 4.79 Å². The van der Waals surface area contributed by atoms with Crippen molar-refractivity contribution < 1.29 is 9.53 Å². The quantitative estimate of drug-likeness (QED) is 0.255. The van der Waals surface area contributed by atoms with Gasteiger partial charge >= 0.3 is 6.03 Å². The lowest BCUT2D eigenvalue weighted by Gasteiger charge is -2.31. The highest BCUT2D eigenvalue weighted by atomic mass is 16.5. The molecule has 7 nitrogen and oxygen atoms in total. The van der Waals surface area contributed by atoms with Gasteiger partial charge in [-0.2, -0.15) is 5.10 Å². The van der Waals surface area contributed by atoms with E-state index in [2.05, 4.69) is 72.4 Å². The highest BCUT2D eigenvalue weighted by Crippen LogP contribution is 2.39. The molecule has 0 bridgehead atoms. The molecule has 0 saturated carbocycles. The second kappa shape index (κ2) is 10.8. The van der Waals surface area contributed by atoms with Gasteiger partial charge < -0.3 is 19.5 Å². The molecule has 1 N–H and O–H groups in total. The number of hydrogen-bond donors (Lipinski definition) is 1. The van der Waals surface area contributed by atoms with Crippen LogP contribution in [0.5, 0.6) is 5.75 Å². The predicted molar refractivity (Wildman–Crippen MR) is 157 cm³/mol. The number of hydrogen-bond acceptors (Lipinski definition) is 3. The maximum absolute atomic E-state index is 14.3. The van der Waals surface area contributed by atoms with Gasteiger partial charge in [-0.25, -0.2) is 9.48 Å². The fourth-order valence-corrected chi connectivity index (χ4v) is 5.58. The lowest BCUT2D eigenvalue weighted by molar-refractivity contribution is 0.194. The maximum Gasteiger partial charge on any atom is 0.323 e. The van der Waals surface area contributed by atoms with E-state index in [-0.39, 0.29) is 12.1 Å². The van der Waals surface area contributed by atoms with Crippen LogP contribution in [0.2, 0.25) is 0 Å². The van der Waals surface area contributed by atoms with Crippen LogP contribution in [0.3, 0.4) is 0 Å². The number of benzene rings is 3. The van der Waals surface area contributed by atoms with E-state index in [1.165, 1.54) is 0 Å². The normalized spacial score (nSPS) is 14.3. The average Bonchev–Trinajstić information content (AvgIpc) is 3.55. The molecule has 3 heterocycles. The number of para-hydroxylation sites is 3. The number of aromatic nitrogens is 3. The Morgan fingerprint density at radius 2 is 1.77 bits per heavy atom. The number of rotatable bonds is 6.